The van der Waals surface area contributed by atoms with Gasteiger partial charge in [-0.15, -0.1) is 11.3 Å². The highest BCUT2D eigenvalue weighted by Crippen LogP contribution is 2.34. The largest absolute Gasteiger partial charge is 0.338 e. The Labute approximate surface area is 129 Å². The standard InChI is InChI=1S/C15H8Cl2N2S/c16-10-5-12-13(6-11(10)17)19-15(18-12)9-7-20-14-4-2-1-3-8(9)14/h1-7H,(H,18,19). The highest BCUT2D eigenvalue weighted by Gasteiger charge is 2.11. The lowest BCUT2D eigenvalue weighted by atomic mass is 10.2. The number of fused-ring (bicyclic) bond motifs is 2. The Hall–Kier alpha value is -1.55. The van der Waals surface area contributed by atoms with E-state index >= 15 is 0 Å². The number of hydrogen-bond acceptors (Lipinski definition) is 2. The molecule has 20 heavy (non-hydrogen) atoms. The summed E-state index contributed by atoms with van der Waals surface area (Å²) in [7, 11) is 0. The minimum Gasteiger partial charge on any atom is -0.338 e. The monoisotopic (exact) mass is 318 g/mol. The van der Waals surface area contributed by atoms with Gasteiger partial charge in [-0.1, -0.05) is 41.4 Å². The number of H-pyrrole nitrogens is 1. The first-order chi connectivity index (χ1) is 9.72. The smallest absolute Gasteiger partial charge is 0.139 e. The number of aromatic nitrogens is 2. The third-order valence-corrected chi connectivity index (χ3v) is 4.95. The summed E-state index contributed by atoms with van der Waals surface area (Å²) in [5.41, 5.74) is 2.82. The molecule has 0 aliphatic heterocycles. The van der Waals surface area contributed by atoms with Crippen molar-refractivity contribution in [1.29, 1.82) is 0 Å². The second-order valence-electron chi connectivity index (χ2n) is 4.51. The molecule has 0 atom stereocenters. The first-order valence-corrected chi connectivity index (χ1v) is 7.67. The van der Waals surface area contributed by atoms with E-state index in [9.17, 15) is 0 Å². The summed E-state index contributed by atoms with van der Waals surface area (Å²) in [4.78, 5) is 7.93. The van der Waals surface area contributed by atoms with Gasteiger partial charge in [-0.3, -0.25) is 0 Å². The van der Waals surface area contributed by atoms with E-state index in [-0.39, 0.29) is 0 Å². The van der Waals surface area contributed by atoms with Crippen LogP contribution in [0.15, 0.2) is 41.8 Å². The predicted octanol–water partition coefficient (Wildman–Crippen LogP) is 5.75. The molecule has 5 heteroatoms. The second-order valence-corrected chi connectivity index (χ2v) is 6.24. The summed E-state index contributed by atoms with van der Waals surface area (Å²) < 4.78 is 1.25. The fourth-order valence-electron chi connectivity index (χ4n) is 2.29. The zero-order valence-electron chi connectivity index (χ0n) is 10.2. The Morgan fingerprint density at radius 1 is 1.05 bits per heavy atom. The molecule has 98 valence electrons. The van der Waals surface area contributed by atoms with Gasteiger partial charge in [0.25, 0.3) is 0 Å². The fraction of sp³-hybridized carbons (Fsp3) is 0. The first kappa shape index (κ1) is 12.2. The van der Waals surface area contributed by atoms with Crippen LogP contribution in [0.2, 0.25) is 10.0 Å². The number of nitrogens with one attached hydrogen (secondary N) is 1. The van der Waals surface area contributed by atoms with Gasteiger partial charge in [0, 0.05) is 21.0 Å². The van der Waals surface area contributed by atoms with Crippen molar-refractivity contribution in [1.82, 2.24) is 9.97 Å². The lowest BCUT2D eigenvalue weighted by molar-refractivity contribution is 1.35. The number of halogens is 2. The predicted molar refractivity (Wildman–Crippen MR) is 86.9 cm³/mol. The molecule has 0 bridgehead atoms. The van der Waals surface area contributed by atoms with Gasteiger partial charge in [-0.25, -0.2) is 4.98 Å². The van der Waals surface area contributed by atoms with Gasteiger partial charge in [0.05, 0.1) is 21.1 Å². The van der Waals surface area contributed by atoms with Crippen LogP contribution in [0.1, 0.15) is 0 Å². The Kier molecular flexibility index (Phi) is 2.74. The number of thiophene rings is 1. The van der Waals surface area contributed by atoms with E-state index in [4.69, 9.17) is 23.2 Å². The maximum absolute atomic E-state index is 6.04. The number of aromatic amines is 1. The molecule has 0 saturated carbocycles. The molecule has 0 aliphatic carbocycles. The van der Waals surface area contributed by atoms with Crippen LogP contribution in [0.5, 0.6) is 0 Å². The topological polar surface area (TPSA) is 28.7 Å². The molecular weight excluding hydrogens is 311 g/mol. The van der Waals surface area contributed by atoms with Gasteiger partial charge < -0.3 is 4.98 Å². The van der Waals surface area contributed by atoms with Crippen LogP contribution in [0.3, 0.4) is 0 Å². The molecule has 0 fully saturated rings. The van der Waals surface area contributed by atoms with Gasteiger partial charge in [0.2, 0.25) is 0 Å². The zero-order chi connectivity index (χ0) is 13.7. The van der Waals surface area contributed by atoms with Crippen molar-refractivity contribution in [3.05, 3.63) is 51.8 Å². The number of hydrogen-bond donors (Lipinski definition) is 1. The molecule has 4 aromatic rings. The molecular formula is C15H8Cl2N2S. The molecule has 0 amide bonds. The van der Waals surface area contributed by atoms with Crippen LogP contribution in [-0.4, -0.2) is 9.97 Å². The lowest BCUT2D eigenvalue weighted by Gasteiger charge is -1.93. The Morgan fingerprint density at radius 3 is 2.75 bits per heavy atom. The van der Waals surface area contributed by atoms with E-state index in [1.165, 1.54) is 10.1 Å². The van der Waals surface area contributed by atoms with Crippen molar-refractivity contribution < 1.29 is 0 Å². The number of nitrogens with zero attached hydrogens (tertiary/aromatic N) is 1. The number of imidazole rings is 1. The maximum atomic E-state index is 6.04. The molecule has 0 unspecified atom stereocenters. The normalized spacial score (nSPS) is 11.5. The van der Waals surface area contributed by atoms with Crippen LogP contribution < -0.4 is 0 Å². The average Bonchev–Trinajstić information content (AvgIpc) is 3.02. The van der Waals surface area contributed by atoms with Gasteiger partial charge in [-0.2, -0.15) is 0 Å². The summed E-state index contributed by atoms with van der Waals surface area (Å²) in [5, 5.41) is 4.37. The van der Waals surface area contributed by atoms with Crippen LogP contribution in [0, 0.1) is 0 Å². The van der Waals surface area contributed by atoms with Gasteiger partial charge in [-0.05, 0) is 18.2 Å². The van der Waals surface area contributed by atoms with Crippen molar-refractivity contribution >= 4 is 55.7 Å². The summed E-state index contributed by atoms with van der Waals surface area (Å²) in [5.74, 6) is 0.843. The quantitative estimate of drug-likeness (QED) is 0.475. The summed E-state index contributed by atoms with van der Waals surface area (Å²) in [6, 6.07) is 11.9. The summed E-state index contributed by atoms with van der Waals surface area (Å²) in [6.45, 7) is 0. The Morgan fingerprint density at radius 2 is 1.85 bits per heavy atom. The van der Waals surface area contributed by atoms with Crippen molar-refractivity contribution in [2.75, 3.05) is 0 Å². The molecule has 2 aromatic carbocycles. The van der Waals surface area contributed by atoms with Gasteiger partial charge in [0.1, 0.15) is 5.82 Å². The molecule has 2 nitrogen and oxygen atoms in total. The van der Waals surface area contributed by atoms with E-state index in [1.807, 2.05) is 18.2 Å². The summed E-state index contributed by atoms with van der Waals surface area (Å²) >= 11 is 13.8. The van der Waals surface area contributed by atoms with Crippen LogP contribution in [0.25, 0.3) is 32.5 Å². The molecule has 2 aromatic heterocycles. The molecule has 1 N–H and O–H groups in total. The molecule has 0 spiro atoms. The highest BCUT2D eigenvalue weighted by atomic mass is 35.5. The average molecular weight is 319 g/mol. The van der Waals surface area contributed by atoms with Crippen molar-refractivity contribution in [3.8, 4) is 11.4 Å². The van der Waals surface area contributed by atoms with Crippen molar-refractivity contribution in [3.63, 3.8) is 0 Å². The SMILES string of the molecule is Clc1cc2nc(-c3csc4ccccc34)[nH]c2cc1Cl. The molecule has 0 radical (unpaired) electrons. The number of rotatable bonds is 1. The van der Waals surface area contributed by atoms with E-state index < -0.39 is 0 Å². The van der Waals surface area contributed by atoms with Crippen LogP contribution in [-0.2, 0) is 0 Å². The molecule has 0 aliphatic rings. The third-order valence-electron chi connectivity index (χ3n) is 3.26. The van der Waals surface area contributed by atoms with E-state index in [2.05, 4.69) is 27.5 Å². The van der Waals surface area contributed by atoms with Crippen molar-refractivity contribution in [2.45, 2.75) is 0 Å². The van der Waals surface area contributed by atoms with E-state index in [0.717, 1.165) is 22.4 Å². The maximum Gasteiger partial charge on any atom is 0.139 e. The fourth-order valence-corrected chi connectivity index (χ4v) is 3.56. The molecule has 0 saturated heterocycles. The molecule has 4 rings (SSSR count). The second kappa shape index (κ2) is 4.48. The Bertz CT molecular complexity index is 901. The van der Waals surface area contributed by atoms with Crippen LogP contribution in [0.4, 0.5) is 0 Å². The molecule has 2 heterocycles. The summed E-state index contributed by atoms with van der Waals surface area (Å²) in [6.07, 6.45) is 0. The van der Waals surface area contributed by atoms with Gasteiger partial charge >= 0.3 is 0 Å². The first-order valence-electron chi connectivity index (χ1n) is 6.04. The van der Waals surface area contributed by atoms with Gasteiger partial charge in [0.15, 0.2) is 0 Å². The minimum atomic E-state index is 0.521. The lowest BCUT2D eigenvalue weighted by Crippen LogP contribution is -1.77. The minimum absolute atomic E-state index is 0.521. The number of benzene rings is 2. The third kappa shape index (κ3) is 1.82. The van der Waals surface area contributed by atoms with E-state index in [1.54, 1.807) is 17.4 Å². The van der Waals surface area contributed by atoms with E-state index in [0.29, 0.717) is 10.0 Å². The Balaban J connectivity index is 1.98. The zero-order valence-corrected chi connectivity index (χ0v) is 12.5. The highest BCUT2D eigenvalue weighted by molar-refractivity contribution is 7.17. The van der Waals surface area contributed by atoms with Crippen LogP contribution >= 0.6 is 34.5 Å². The van der Waals surface area contributed by atoms with Crippen molar-refractivity contribution in [2.24, 2.45) is 0 Å².